The smallest absolute Gasteiger partial charge is 0.719 e. The fraction of sp³-hybridized carbons (Fsp3) is 0.696. The van der Waals surface area contributed by atoms with Gasteiger partial charge >= 0.3 is 16.5 Å². The Morgan fingerprint density at radius 2 is 0.724 bits per heavy atom. The van der Waals surface area contributed by atoms with E-state index in [0.717, 1.165) is 77.5 Å². The molecule has 0 saturated heterocycles. The molecule has 8 nitrogen and oxygen atoms in total. The zero-order valence-electron chi connectivity index (χ0n) is 37.8. The third-order valence-corrected chi connectivity index (χ3v) is 10.3. The SMILES string of the molecule is CCCCCC(C)(C)c1ccc(O)cc1.CCCCCC(C)(C)c1ccc(O)cc1.CCCCN(CCCC)C(=O)[S-].CCCCN(CCCC)C(=O)[S-].O=[SH-]=O.[Ni+2]. The van der Waals surface area contributed by atoms with Crippen molar-refractivity contribution in [2.24, 2.45) is 0 Å². The molecule has 2 aromatic rings. The summed E-state index contributed by atoms with van der Waals surface area (Å²) >= 11 is 8.14. The number of hydrogen-bond donors (Lipinski definition) is 2. The summed E-state index contributed by atoms with van der Waals surface area (Å²) in [5, 5.41) is 18.1. The monoisotopic (exact) mass is 911 g/mol. The van der Waals surface area contributed by atoms with Gasteiger partial charge in [0.15, 0.2) is 0 Å². The molecule has 0 aliphatic heterocycles. The molecule has 2 N–H and O–H groups in total. The number of hydrogen-bond acceptors (Lipinski definition) is 9. The van der Waals surface area contributed by atoms with Crippen molar-refractivity contribution in [1.29, 1.82) is 0 Å². The van der Waals surface area contributed by atoms with Gasteiger partial charge in [-0.2, -0.15) is 0 Å². The van der Waals surface area contributed by atoms with E-state index >= 15 is 0 Å². The first-order chi connectivity index (χ1) is 27.0. The van der Waals surface area contributed by atoms with Crippen LogP contribution in [0.5, 0.6) is 11.5 Å². The van der Waals surface area contributed by atoms with Crippen LogP contribution in [0.4, 0.5) is 9.59 Å². The second kappa shape index (κ2) is 40.3. The number of unbranched alkanes of at least 4 members (excludes halogenated alkanes) is 8. The Balaban J connectivity index is -0.000000327. The number of benzene rings is 2. The number of thiol groups is 1. The average Bonchev–Trinajstić information content (AvgIpc) is 3.16. The van der Waals surface area contributed by atoms with Crippen LogP contribution in [0.25, 0.3) is 0 Å². The van der Waals surface area contributed by atoms with E-state index in [9.17, 15) is 19.8 Å². The molecule has 2 rings (SSSR count). The summed E-state index contributed by atoms with van der Waals surface area (Å²) in [5.41, 5.74) is 3.08. The van der Waals surface area contributed by atoms with Crippen LogP contribution < -0.4 is 0 Å². The molecule has 0 fully saturated rings. The molecule has 0 aromatic heterocycles. The summed E-state index contributed by atoms with van der Waals surface area (Å²) in [6, 6.07) is 15.2. The Hall–Kier alpha value is -2.14. The number of rotatable bonds is 22. The van der Waals surface area contributed by atoms with Crippen molar-refractivity contribution in [2.75, 3.05) is 26.2 Å². The zero-order valence-corrected chi connectivity index (χ0v) is 41.3. The summed E-state index contributed by atoms with van der Waals surface area (Å²) in [7, 11) is 0. The van der Waals surface area contributed by atoms with E-state index in [2.05, 4.69) is 94.5 Å². The Labute approximate surface area is 379 Å². The van der Waals surface area contributed by atoms with Crippen molar-refractivity contribution >= 4 is 47.3 Å². The van der Waals surface area contributed by atoms with Crippen molar-refractivity contribution in [3.8, 4) is 11.5 Å². The van der Waals surface area contributed by atoms with Crippen LogP contribution in [0.2, 0.25) is 0 Å². The van der Waals surface area contributed by atoms with Gasteiger partial charge in [0.25, 0.3) is 0 Å². The zero-order chi connectivity index (χ0) is 44.1. The average molecular weight is 913 g/mol. The molecule has 0 aliphatic carbocycles. The van der Waals surface area contributed by atoms with E-state index in [0.29, 0.717) is 11.5 Å². The van der Waals surface area contributed by atoms with E-state index in [1.54, 1.807) is 34.1 Å². The van der Waals surface area contributed by atoms with Gasteiger partial charge in [-0.05, 0) is 84.7 Å². The van der Waals surface area contributed by atoms with Crippen molar-refractivity contribution in [3.63, 3.8) is 0 Å². The number of amides is 2. The molecule has 0 heterocycles. The molecule has 340 valence electrons. The van der Waals surface area contributed by atoms with Crippen LogP contribution in [0, 0.1) is 0 Å². The molecule has 0 bridgehead atoms. The van der Waals surface area contributed by atoms with Gasteiger partial charge in [0.05, 0.1) is 0 Å². The van der Waals surface area contributed by atoms with Crippen LogP contribution in [-0.4, -0.2) is 56.7 Å². The summed E-state index contributed by atoms with van der Waals surface area (Å²) in [5.74, 6) is 0.700. The van der Waals surface area contributed by atoms with E-state index in [1.807, 2.05) is 24.3 Å². The first-order valence-electron chi connectivity index (χ1n) is 21.4. The molecule has 0 aliphatic rings. The number of carbonyl (C=O) groups is 2. The van der Waals surface area contributed by atoms with Gasteiger partial charge in [-0.15, -0.1) is 0 Å². The molecule has 0 unspecified atom stereocenters. The molecule has 12 heteroatoms. The second-order valence-corrected chi connectivity index (χ2v) is 16.6. The van der Waals surface area contributed by atoms with E-state index in [1.165, 1.54) is 62.5 Å². The van der Waals surface area contributed by atoms with E-state index < -0.39 is 11.6 Å². The van der Waals surface area contributed by atoms with Gasteiger partial charge in [0.1, 0.15) is 22.0 Å². The molecule has 0 atom stereocenters. The van der Waals surface area contributed by atoms with Crippen LogP contribution in [0.3, 0.4) is 0 Å². The second-order valence-electron chi connectivity index (χ2n) is 15.8. The standard InChI is InChI=1S/2C14H22O.2C9H19NOS.Ni.HO2S/c2*1-4-5-6-11-14(2,3)12-7-9-13(15)10-8-12;2*1-3-5-7-10(9(11)12)8-6-4-2;;1-3-2/h2*7-10,15H,4-6,11H2,1-3H3;2*3-8H2,1-2H3,(H,11,12);;3H/q;;;;+2;-1/p-2. The molecule has 0 saturated carbocycles. The van der Waals surface area contributed by atoms with Gasteiger partial charge in [0.2, 0.25) is 0 Å². The predicted octanol–water partition coefficient (Wildman–Crippen LogP) is 13.1. The fourth-order valence-electron chi connectivity index (χ4n) is 5.73. The first-order valence-corrected chi connectivity index (χ1v) is 23.0. The predicted molar refractivity (Wildman–Crippen MR) is 249 cm³/mol. The van der Waals surface area contributed by atoms with E-state index in [4.69, 9.17) is 8.42 Å². The minimum atomic E-state index is -1.08. The Bertz CT molecular complexity index is 1180. The quantitative estimate of drug-likeness (QED) is 0.0519. The normalized spacial score (nSPS) is 10.4. The minimum absolute atomic E-state index is 0. The number of nitrogens with zero attached hydrogens (tertiary/aromatic N) is 2. The number of carbonyl (C=O) groups excluding carboxylic acids is 2. The van der Waals surface area contributed by atoms with Crippen LogP contribution in [0.1, 0.15) is 183 Å². The van der Waals surface area contributed by atoms with Crippen molar-refractivity contribution in [1.82, 2.24) is 9.80 Å². The van der Waals surface area contributed by atoms with Crippen molar-refractivity contribution in [2.45, 2.75) is 183 Å². The maximum atomic E-state index is 10.9. The van der Waals surface area contributed by atoms with Gasteiger partial charge in [-0.1, -0.05) is 169 Å². The van der Waals surface area contributed by atoms with E-state index in [-0.39, 0.29) is 37.8 Å². The third-order valence-electron chi connectivity index (χ3n) is 9.75. The van der Waals surface area contributed by atoms with Crippen LogP contribution in [-0.2, 0) is 72.6 Å². The largest absolute Gasteiger partial charge is 2.00 e. The summed E-state index contributed by atoms with van der Waals surface area (Å²) in [4.78, 5) is 25.3. The maximum absolute atomic E-state index is 10.9. The molecule has 0 spiro atoms. The van der Waals surface area contributed by atoms with Crippen molar-refractivity contribution < 1.29 is 44.7 Å². The Kier molecular flexibility index (Phi) is 43.4. The molecule has 2 amide bonds. The third kappa shape index (κ3) is 34.7. The van der Waals surface area contributed by atoms with Crippen molar-refractivity contribution in [3.05, 3.63) is 59.7 Å². The topological polar surface area (TPSA) is 115 Å². The van der Waals surface area contributed by atoms with Gasteiger partial charge in [-0.3, -0.25) is 0 Å². The summed E-state index contributed by atoms with van der Waals surface area (Å²) in [6.07, 6.45) is 18.9. The minimum Gasteiger partial charge on any atom is -0.719 e. The Morgan fingerprint density at radius 1 is 0.500 bits per heavy atom. The van der Waals surface area contributed by atoms with Gasteiger partial charge in [0, 0.05) is 26.2 Å². The van der Waals surface area contributed by atoms with Gasteiger partial charge < -0.3 is 63.3 Å². The van der Waals surface area contributed by atoms with Gasteiger partial charge in [-0.25, -0.2) is 0 Å². The number of aromatic hydroxyl groups is 2. The molecular weight excluding hydrogens is 831 g/mol. The number of phenols is 2. The molecule has 2 aromatic carbocycles. The molecule has 58 heavy (non-hydrogen) atoms. The Morgan fingerprint density at radius 3 is 0.914 bits per heavy atom. The molecule has 0 radical (unpaired) electrons. The number of phenolic OH excluding ortho intramolecular Hbond substituents is 2. The van der Waals surface area contributed by atoms with Crippen LogP contribution >= 0.6 is 0 Å². The summed E-state index contributed by atoms with van der Waals surface area (Å²) < 4.78 is 16.7. The molecular formula is C46H81N2NiO6S3-. The fourth-order valence-corrected chi connectivity index (χ4v) is 6.10. The van der Waals surface area contributed by atoms with Crippen LogP contribution in [0.15, 0.2) is 48.5 Å². The first kappa shape index (κ1) is 62.5. The summed E-state index contributed by atoms with van der Waals surface area (Å²) in [6.45, 7) is 25.3. The maximum Gasteiger partial charge on any atom is 2.00 e.